The Kier molecular flexibility index (Phi) is 5.89. The second kappa shape index (κ2) is 8.78. The maximum atomic E-state index is 13.4. The first-order valence-corrected chi connectivity index (χ1v) is 10.6. The van der Waals surface area contributed by atoms with Crippen LogP contribution in [0, 0.1) is 16.0 Å². The summed E-state index contributed by atoms with van der Waals surface area (Å²) in [7, 11) is 0. The van der Waals surface area contributed by atoms with Gasteiger partial charge < -0.3 is 9.80 Å². The predicted octanol–water partition coefficient (Wildman–Crippen LogP) is 2.92. The largest absolute Gasteiger partial charge is 0.362 e. The molecule has 3 aromatic rings. The van der Waals surface area contributed by atoms with Crippen LogP contribution in [0.2, 0.25) is 0 Å². The van der Waals surface area contributed by atoms with Gasteiger partial charge in [-0.15, -0.1) is 0 Å². The van der Waals surface area contributed by atoms with Gasteiger partial charge in [-0.05, 0) is 18.1 Å². The van der Waals surface area contributed by atoms with Crippen molar-refractivity contribution in [1.29, 1.82) is 0 Å². The zero-order valence-corrected chi connectivity index (χ0v) is 18.1. The Bertz CT molecular complexity index is 1230. The number of amides is 1. The molecule has 2 heterocycles. The van der Waals surface area contributed by atoms with E-state index in [-0.39, 0.29) is 33.7 Å². The van der Waals surface area contributed by atoms with E-state index in [2.05, 4.69) is 5.10 Å². The standard InChI is InChI=1S/C23H25N5O4/c1-16(2)15-27-22(29)18-8-4-3-7-17(18)21(24-27)23(30)26-13-11-25(12-14-26)19-9-5-6-10-20(19)28(31)32/h3-10,16H,11-15H2,1-2H3. The number of rotatable bonds is 5. The Morgan fingerprint density at radius 3 is 2.31 bits per heavy atom. The lowest BCUT2D eigenvalue weighted by Gasteiger charge is -2.35. The third kappa shape index (κ3) is 4.05. The highest BCUT2D eigenvalue weighted by atomic mass is 16.6. The minimum Gasteiger partial charge on any atom is -0.362 e. The molecule has 9 heteroatoms. The van der Waals surface area contributed by atoms with Crippen LogP contribution in [0.5, 0.6) is 0 Å². The molecule has 166 valence electrons. The zero-order valence-electron chi connectivity index (χ0n) is 18.1. The summed E-state index contributed by atoms with van der Waals surface area (Å²) in [6.07, 6.45) is 0. The molecule has 0 spiro atoms. The molecule has 0 atom stereocenters. The first kappa shape index (κ1) is 21.5. The lowest BCUT2D eigenvalue weighted by molar-refractivity contribution is -0.384. The maximum Gasteiger partial charge on any atom is 0.292 e. The van der Waals surface area contributed by atoms with Crippen molar-refractivity contribution in [2.75, 3.05) is 31.1 Å². The molecule has 0 bridgehead atoms. The summed E-state index contributed by atoms with van der Waals surface area (Å²) in [4.78, 5) is 40.8. The minimum absolute atomic E-state index is 0.0562. The number of benzene rings is 2. The van der Waals surface area contributed by atoms with Crippen LogP contribution in [0.4, 0.5) is 11.4 Å². The number of carbonyl (C=O) groups excluding carboxylic acids is 1. The number of nitro benzene ring substituents is 1. The van der Waals surface area contributed by atoms with Crippen LogP contribution in [-0.2, 0) is 6.54 Å². The van der Waals surface area contributed by atoms with E-state index in [0.717, 1.165) is 0 Å². The normalized spacial score (nSPS) is 14.2. The molecule has 4 rings (SSSR count). The van der Waals surface area contributed by atoms with Gasteiger partial charge in [0.05, 0.1) is 10.3 Å². The van der Waals surface area contributed by atoms with Crippen LogP contribution in [-0.4, -0.2) is 51.7 Å². The Morgan fingerprint density at radius 2 is 1.66 bits per heavy atom. The number of piperazine rings is 1. The number of para-hydroxylation sites is 2. The van der Waals surface area contributed by atoms with Crippen molar-refractivity contribution in [3.05, 3.63) is 74.7 Å². The van der Waals surface area contributed by atoms with Gasteiger partial charge in [0.1, 0.15) is 5.69 Å². The van der Waals surface area contributed by atoms with E-state index in [1.54, 1.807) is 47.4 Å². The van der Waals surface area contributed by atoms with Gasteiger partial charge in [0, 0.05) is 44.2 Å². The number of nitrogens with zero attached hydrogens (tertiary/aromatic N) is 5. The first-order chi connectivity index (χ1) is 15.4. The number of carbonyl (C=O) groups is 1. The molecule has 1 saturated heterocycles. The number of nitro groups is 1. The molecular formula is C23H25N5O4. The van der Waals surface area contributed by atoms with Crippen LogP contribution in [0.3, 0.4) is 0 Å². The number of hydrogen-bond acceptors (Lipinski definition) is 6. The van der Waals surface area contributed by atoms with Gasteiger partial charge >= 0.3 is 0 Å². The van der Waals surface area contributed by atoms with Gasteiger partial charge in [-0.1, -0.05) is 44.2 Å². The van der Waals surface area contributed by atoms with Gasteiger partial charge in [-0.2, -0.15) is 5.10 Å². The second-order valence-corrected chi connectivity index (χ2v) is 8.30. The summed E-state index contributed by atoms with van der Waals surface area (Å²) in [6, 6.07) is 13.7. The average molecular weight is 435 g/mol. The summed E-state index contributed by atoms with van der Waals surface area (Å²) in [6.45, 7) is 6.17. The lowest BCUT2D eigenvalue weighted by Crippen LogP contribution is -2.49. The number of anilines is 1. The molecule has 0 aliphatic carbocycles. The topological polar surface area (TPSA) is 102 Å². The van der Waals surface area contributed by atoms with Crippen molar-refractivity contribution in [2.24, 2.45) is 5.92 Å². The number of fused-ring (bicyclic) bond motifs is 1. The Morgan fingerprint density at radius 1 is 1.03 bits per heavy atom. The van der Waals surface area contributed by atoms with Crippen molar-refractivity contribution < 1.29 is 9.72 Å². The molecular weight excluding hydrogens is 410 g/mol. The van der Waals surface area contributed by atoms with Crippen LogP contribution >= 0.6 is 0 Å². The summed E-state index contributed by atoms with van der Waals surface area (Å²) in [5.74, 6) is -0.0320. The van der Waals surface area contributed by atoms with Crippen molar-refractivity contribution in [1.82, 2.24) is 14.7 Å². The van der Waals surface area contributed by atoms with E-state index in [4.69, 9.17) is 0 Å². The van der Waals surface area contributed by atoms with Gasteiger partial charge in [0.25, 0.3) is 17.2 Å². The summed E-state index contributed by atoms with van der Waals surface area (Å²) in [5.41, 5.74) is 0.673. The van der Waals surface area contributed by atoms with Crippen molar-refractivity contribution in [3.8, 4) is 0 Å². The molecule has 1 aliphatic rings. The average Bonchev–Trinajstić information content (AvgIpc) is 2.80. The molecule has 1 aromatic heterocycles. The van der Waals surface area contributed by atoms with Gasteiger partial charge in [-0.25, -0.2) is 4.68 Å². The SMILES string of the molecule is CC(C)Cn1nc(C(=O)N2CCN(c3ccccc3[N+](=O)[O-])CC2)c2ccccc2c1=O. The molecule has 9 nitrogen and oxygen atoms in total. The fourth-order valence-corrected chi connectivity index (χ4v) is 4.05. The lowest BCUT2D eigenvalue weighted by atomic mass is 10.1. The second-order valence-electron chi connectivity index (χ2n) is 8.30. The molecule has 0 N–H and O–H groups in total. The summed E-state index contributed by atoms with van der Waals surface area (Å²) < 4.78 is 1.38. The highest BCUT2D eigenvalue weighted by Gasteiger charge is 2.28. The number of hydrogen-bond donors (Lipinski definition) is 0. The van der Waals surface area contributed by atoms with E-state index < -0.39 is 0 Å². The van der Waals surface area contributed by atoms with Crippen LogP contribution in [0.25, 0.3) is 10.8 Å². The quantitative estimate of drug-likeness (QED) is 0.451. The molecule has 0 radical (unpaired) electrons. The molecule has 1 aliphatic heterocycles. The van der Waals surface area contributed by atoms with Crippen LogP contribution < -0.4 is 10.5 Å². The molecule has 1 amide bonds. The van der Waals surface area contributed by atoms with E-state index in [1.807, 2.05) is 18.7 Å². The summed E-state index contributed by atoms with van der Waals surface area (Å²) >= 11 is 0. The Balaban J connectivity index is 1.61. The van der Waals surface area contributed by atoms with Crippen molar-refractivity contribution in [2.45, 2.75) is 20.4 Å². The third-order valence-electron chi connectivity index (χ3n) is 5.59. The molecule has 2 aromatic carbocycles. The smallest absolute Gasteiger partial charge is 0.292 e. The van der Waals surface area contributed by atoms with E-state index in [9.17, 15) is 19.7 Å². The van der Waals surface area contributed by atoms with E-state index >= 15 is 0 Å². The van der Waals surface area contributed by atoms with Crippen LogP contribution in [0.15, 0.2) is 53.3 Å². The van der Waals surface area contributed by atoms with Crippen molar-refractivity contribution in [3.63, 3.8) is 0 Å². The van der Waals surface area contributed by atoms with Crippen LogP contribution in [0.1, 0.15) is 24.3 Å². The minimum atomic E-state index is -0.388. The molecule has 1 fully saturated rings. The fraction of sp³-hybridized carbons (Fsp3) is 0.348. The highest BCUT2D eigenvalue weighted by molar-refractivity contribution is 6.04. The fourth-order valence-electron chi connectivity index (χ4n) is 4.05. The Labute approximate surface area is 185 Å². The predicted molar refractivity (Wildman–Crippen MR) is 122 cm³/mol. The third-order valence-corrected chi connectivity index (χ3v) is 5.59. The molecule has 0 saturated carbocycles. The van der Waals surface area contributed by atoms with Gasteiger partial charge in [-0.3, -0.25) is 19.7 Å². The maximum absolute atomic E-state index is 13.4. The number of aromatic nitrogens is 2. The summed E-state index contributed by atoms with van der Waals surface area (Å²) in [5, 5.41) is 16.8. The molecule has 32 heavy (non-hydrogen) atoms. The zero-order chi connectivity index (χ0) is 22.8. The Hall–Kier alpha value is -3.75. The van der Waals surface area contributed by atoms with E-state index in [0.29, 0.717) is 49.2 Å². The van der Waals surface area contributed by atoms with Crippen molar-refractivity contribution >= 4 is 28.1 Å². The van der Waals surface area contributed by atoms with E-state index in [1.165, 1.54) is 10.7 Å². The van der Waals surface area contributed by atoms with Gasteiger partial charge in [0.15, 0.2) is 5.69 Å². The van der Waals surface area contributed by atoms with Gasteiger partial charge in [0.2, 0.25) is 0 Å². The monoisotopic (exact) mass is 435 g/mol. The molecule has 0 unspecified atom stereocenters. The first-order valence-electron chi connectivity index (χ1n) is 10.6. The highest BCUT2D eigenvalue weighted by Crippen LogP contribution is 2.28.